The Morgan fingerprint density at radius 2 is 2.12 bits per heavy atom. The first-order chi connectivity index (χ1) is 7.39. The van der Waals surface area contributed by atoms with E-state index in [0.29, 0.717) is 6.42 Å². The van der Waals surface area contributed by atoms with Crippen LogP contribution in [0.2, 0.25) is 0 Å². The van der Waals surface area contributed by atoms with E-state index < -0.39 is 11.4 Å². The highest BCUT2D eigenvalue weighted by atomic mass is 79.9. The van der Waals surface area contributed by atoms with Gasteiger partial charge in [0.2, 0.25) is 0 Å². The number of halogens is 1. The van der Waals surface area contributed by atoms with Gasteiger partial charge in [0.1, 0.15) is 16.1 Å². The van der Waals surface area contributed by atoms with Crippen LogP contribution in [0.5, 0.6) is 0 Å². The molecule has 1 atom stereocenters. The maximum atomic E-state index is 11.6. The number of benzene rings is 1. The molecule has 1 aromatic rings. The summed E-state index contributed by atoms with van der Waals surface area (Å²) in [5.74, 6) is 0. The highest BCUT2D eigenvalue weighted by Crippen LogP contribution is 2.17. The Bertz CT molecular complexity index is 374. The van der Waals surface area contributed by atoms with Crippen molar-refractivity contribution >= 4 is 33.5 Å². The minimum absolute atomic E-state index is 0.284. The molecule has 0 saturated heterocycles. The number of hydrogen-bond donors (Lipinski definition) is 0. The third-order valence-corrected chi connectivity index (χ3v) is 3.79. The summed E-state index contributed by atoms with van der Waals surface area (Å²) in [6, 6.07) is 8.02. The maximum absolute atomic E-state index is 11.6. The zero-order valence-corrected chi connectivity index (χ0v) is 12.1. The van der Waals surface area contributed by atoms with Gasteiger partial charge in [0, 0.05) is 10.9 Å². The molecule has 1 aromatic carbocycles. The summed E-state index contributed by atoms with van der Waals surface area (Å²) >= 11 is 2.25. The molecule has 0 aliphatic rings. The SMILES string of the molecule is CC(C)(C)[S+]([O-])/N=C/Cc1cccc(Br)c1. The monoisotopic (exact) mass is 301 g/mol. The normalized spacial score (nSPS) is 14.3. The Morgan fingerprint density at radius 3 is 2.69 bits per heavy atom. The smallest absolute Gasteiger partial charge is 0.144 e. The average Bonchev–Trinajstić information content (AvgIpc) is 2.16. The minimum Gasteiger partial charge on any atom is -0.591 e. The third-order valence-electron chi connectivity index (χ3n) is 1.91. The molecule has 0 saturated carbocycles. The van der Waals surface area contributed by atoms with Gasteiger partial charge in [0.15, 0.2) is 0 Å². The van der Waals surface area contributed by atoms with Gasteiger partial charge < -0.3 is 4.55 Å². The molecule has 0 bridgehead atoms. The molecule has 0 radical (unpaired) electrons. The fourth-order valence-corrected chi connectivity index (χ4v) is 2.01. The molecule has 0 aliphatic carbocycles. The van der Waals surface area contributed by atoms with Crippen molar-refractivity contribution in [2.75, 3.05) is 0 Å². The fourth-order valence-electron chi connectivity index (χ4n) is 1.03. The Balaban J connectivity index is 2.55. The number of hydrogen-bond acceptors (Lipinski definition) is 2. The summed E-state index contributed by atoms with van der Waals surface area (Å²) < 4.78 is 16.4. The Morgan fingerprint density at radius 1 is 1.44 bits per heavy atom. The average molecular weight is 302 g/mol. The largest absolute Gasteiger partial charge is 0.591 e. The van der Waals surface area contributed by atoms with Crippen LogP contribution in [0.3, 0.4) is 0 Å². The van der Waals surface area contributed by atoms with Crippen molar-refractivity contribution < 1.29 is 4.55 Å². The Kier molecular flexibility index (Phi) is 5.02. The molecule has 16 heavy (non-hydrogen) atoms. The van der Waals surface area contributed by atoms with Crippen molar-refractivity contribution in [2.24, 2.45) is 4.40 Å². The molecule has 0 amide bonds. The summed E-state index contributed by atoms with van der Waals surface area (Å²) in [5, 5.41) is 0. The van der Waals surface area contributed by atoms with Crippen LogP contribution in [0.4, 0.5) is 0 Å². The van der Waals surface area contributed by atoms with Gasteiger partial charge in [-0.25, -0.2) is 0 Å². The van der Waals surface area contributed by atoms with E-state index in [1.165, 1.54) is 0 Å². The Labute approximate surface area is 109 Å². The second-order valence-electron chi connectivity index (χ2n) is 4.48. The fraction of sp³-hybridized carbons (Fsp3) is 0.417. The molecule has 0 fully saturated rings. The molecular formula is C12H16BrNOS. The highest BCUT2D eigenvalue weighted by molar-refractivity contribution is 9.10. The first-order valence-corrected chi connectivity index (χ1v) is 6.98. The van der Waals surface area contributed by atoms with Gasteiger partial charge in [-0.2, -0.15) is 0 Å². The van der Waals surface area contributed by atoms with Crippen molar-refractivity contribution in [2.45, 2.75) is 31.9 Å². The second kappa shape index (κ2) is 5.84. The van der Waals surface area contributed by atoms with Gasteiger partial charge >= 0.3 is 0 Å². The van der Waals surface area contributed by atoms with E-state index in [0.717, 1.165) is 10.0 Å². The van der Waals surface area contributed by atoms with E-state index >= 15 is 0 Å². The van der Waals surface area contributed by atoms with E-state index in [4.69, 9.17) is 0 Å². The molecule has 0 spiro atoms. The lowest BCUT2D eigenvalue weighted by Crippen LogP contribution is -2.25. The van der Waals surface area contributed by atoms with Gasteiger partial charge in [0.05, 0.1) is 6.21 Å². The highest BCUT2D eigenvalue weighted by Gasteiger charge is 2.25. The van der Waals surface area contributed by atoms with Crippen LogP contribution < -0.4 is 0 Å². The van der Waals surface area contributed by atoms with Crippen molar-refractivity contribution in [1.29, 1.82) is 0 Å². The molecule has 0 aliphatic heterocycles. The van der Waals surface area contributed by atoms with Crippen molar-refractivity contribution in [3.05, 3.63) is 34.3 Å². The molecule has 2 nitrogen and oxygen atoms in total. The van der Waals surface area contributed by atoms with Crippen LogP contribution in [0.1, 0.15) is 26.3 Å². The van der Waals surface area contributed by atoms with E-state index in [9.17, 15) is 4.55 Å². The van der Waals surface area contributed by atoms with Crippen molar-refractivity contribution in [3.8, 4) is 0 Å². The van der Waals surface area contributed by atoms with Crippen LogP contribution in [0.15, 0.2) is 33.1 Å². The number of rotatable bonds is 3. The molecule has 1 rings (SSSR count). The van der Waals surface area contributed by atoms with E-state index in [-0.39, 0.29) is 4.75 Å². The Hall–Kier alpha value is -0.320. The van der Waals surface area contributed by atoms with Crippen LogP contribution >= 0.6 is 15.9 Å². The van der Waals surface area contributed by atoms with E-state index in [1.54, 1.807) is 6.21 Å². The van der Waals surface area contributed by atoms with Crippen molar-refractivity contribution in [3.63, 3.8) is 0 Å². The molecule has 0 N–H and O–H groups in total. The maximum Gasteiger partial charge on any atom is 0.144 e. The van der Waals surface area contributed by atoms with Gasteiger partial charge in [-0.05, 0) is 38.5 Å². The van der Waals surface area contributed by atoms with Crippen LogP contribution in [-0.2, 0) is 17.8 Å². The predicted octanol–water partition coefficient (Wildman–Crippen LogP) is 3.52. The van der Waals surface area contributed by atoms with Gasteiger partial charge in [-0.3, -0.25) is 0 Å². The molecule has 0 aromatic heterocycles. The standard InChI is InChI=1S/C12H16BrNOS/c1-12(2,3)16(15)14-8-7-10-5-4-6-11(13)9-10/h4-6,8-9H,7H2,1-3H3/b14-8+. The first-order valence-electron chi connectivity index (χ1n) is 5.08. The summed E-state index contributed by atoms with van der Waals surface area (Å²) in [4.78, 5) is 0. The van der Waals surface area contributed by atoms with Gasteiger partial charge in [-0.15, -0.1) is 0 Å². The molecule has 88 valence electrons. The first kappa shape index (κ1) is 13.7. The summed E-state index contributed by atoms with van der Waals surface area (Å²) in [6.45, 7) is 5.75. The molecule has 0 heterocycles. The van der Waals surface area contributed by atoms with Gasteiger partial charge in [0.25, 0.3) is 0 Å². The third kappa shape index (κ3) is 4.68. The lowest BCUT2D eigenvalue weighted by atomic mass is 10.2. The lowest BCUT2D eigenvalue weighted by molar-refractivity contribution is 0.561. The zero-order chi connectivity index (χ0) is 12.2. The quantitative estimate of drug-likeness (QED) is 0.621. The molecule has 1 unspecified atom stereocenters. The number of nitrogens with zero attached hydrogens (tertiary/aromatic N) is 1. The predicted molar refractivity (Wildman–Crippen MR) is 74.2 cm³/mol. The van der Waals surface area contributed by atoms with E-state index in [1.807, 2.05) is 45.0 Å². The molecule has 4 heteroatoms. The van der Waals surface area contributed by atoms with E-state index in [2.05, 4.69) is 20.3 Å². The summed E-state index contributed by atoms with van der Waals surface area (Å²) in [6.07, 6.45) is 2.43. The topological polar surface area (TPSA) is 35.4 Å². The zero-order valence-electron chi connectivity index (χ0n) is 9.74. The second-order valence-corrected chi connectivity index (χ2v) is 7.33. The summed E-state index contributed by atoms with van der Waals surface area (Å²) in [7, 11) is 0. The summed E-state index contributed by atoms with van der Waals surface area (Å²) in [5.41, 5.74) is 1.16. The molecular weight excluding hydrogens is 286 g/mol. The van der Waals surface area contributed by atoms with Crippen LogP contribution in [0, 0.1) is 0 Å². The lowest BCUT2D eigenvalue weighted by Gasteiger charge is -2.17. The van der Waals surface area contributed by atoms with Gasteiger partial charge in [-0.1, -0.05) is 32.5 Å². The minimum atomic E-state index is -1.16. The van der Waals surface area contributed by atoms with Crippen molar-refractivity contribution in [1.82, 2.24) is 0 Å². The van der Waals surface area contributed by atoms with Crippen LogP contribution in [0.25, 0.3) is 0 Å². The van der Waals surface area contributed by atoms with Crippen LogP contribution in [-0.4, -0.2) is 15.5 Å².